The van der Waals surface area contributed by atoms with Gasteiger partial charge in [-0.25, -0.2) is 4.79 Å². The van der Waals surface area contributed by atoms with Crippen LogP contribution in [0.15, 0.2) is 18.2 Å². The standard InChI is InChI=1S/C12H10ClNO4/c1-6-4-10(15)14(11(6)16)7-2-3-9(13)8(5-7)12(17)18/h2-3,5-6H,4H2,1H3,(H,17,18). The third kappa shape index (κ3) is 1.97. The van der Waals surface area contributed by atoms with Gasteiger partial charge in [0.2, 0.25) is 11.8 Å². The minimum Gasteiger partial charge on any atom is -0.478 e. The van der Waals surface area contributed by atoms with Crippen LogP contribution in [0.3, 0.4) is 0 Å². The molecule has 0 saturated carbocycles. The van der Waals surface area contributed by atoms with Crippen LogP contribution in [0.2, 0.25) is 5.02 Å². The third-order valence-electron chi connectivity index (χ3n) is 2.81. The van der Waals surface area contributed by atoms with Crippen LogP contribution in [0, 0.1) is 5.92 Å². The molecule has 5 nitrogen and oxygen atoms in total. The molecule has 1 N–H and O–H groups in total. The summed E-state index contributed by atoms with van der Waals surface area (Å²) in [4.78, 5) is 35.4. The molecule has 0 bridgehead atoms. The fraction of sp³-hybridized carbons (Fsp3) is 0.250. The Hall–Kier alpha value is -1.88. The summed E-state index contributed by atoms with van der Waals surface area (Å²) in [7, 11) is 0. The number of carbonyl (C=O) groups is 3. The first-order valence-corrected chi connectivity index (χ1v) is 5.69. The van der Waals surface area contributed by atoms with E-state index in [0.717, 1.165) is 4.90 Å². The molecule has 2 rings (SSSR count). The maximum Gasteiger partial charge on any atom is 0.337 e. The first-order chi connectivity index (χ1) is 8.41. The number of amides is 2. The Morgan fingerprint density at radius 2 is 2.11 bits per heavy atom. The molecule has 6 heteroatoms. The summed E-state index contributed by atoms with van der Waals surface area (Å²) in [5.41, 5.74) is 0.116. The van der Waals surface area contributed by atoms with Gasteiger partial charge in [-0.3, -0.25) is 14.5 Å². The molecular formula is C12H10ClNO4. The zero-order valence-corrected chi connectivity index (χ0v) is 10.3. The van der Waals surface area contributed by atoms with E-state index in [1.165, 1.54) is 18.2 Å². The van der Waals surface area contributed by atoms with Gasteiger partial charge >= 0.3 is 5.97 Å². The van der Waals surface area contributed by atoms with Crippen LogP contribution in [-0.4, -0.2) is 22.9 Å². The van der Waals surface area contributed by atoms with E-state index in [1.807, 2.05) is 0 Å². The minimum absolute atomic E-state index is 0.0680. The second-order valence-electron chi connectivity index (χ2n) is 4.14. The molecule has 2 amide bonds. The summed E-state index contributed by atoms with van der Waals surface area (Å²) < 4.78 is 0. The van der Waals surface area contributed by atoms with E-state index in [1.54, 1.807) is 6.92 Å². The van der Waals surface area contributed by atoms with Crippen molar-refractivity contribution >= 4 is 35.1 Å². The molecular weight excluding hydrogens is 258 g/mol. The average molecular weight is 268 g/mol. The lowest BCUT2D eigenvalue weighted by molar-refractivity contribution is -0.122. The molecule has 1 aliphatic heterocycles. The largest absolute Gasteiger partial charge is 0.478 e. The maximum absolute atomic E-state index is 11.8. The van der Waals surface area contributed by atoms with E-state index in [-0.39, 0.29) is 40.4 Å². The number of nitrogens with zero attached hydrogens (tertiary/aromatic N) is 1. The molecule has 1 aromatic rings. The summed E-state index contributed by atoms with van der Waals surface area (Å²) >= 11 is 5.73. The number of carboxylic acids is 1. The van der Waals surface area contributed by atoms with Crippen LogP contribution in [-0.2, 0) is 9.59 Å². The summed E-state index contributed by atoms with van der Waals surface area (Å²) in [5, 5.41) is 9.01. The van der Waals surface area contributed by atoms with Crippen LogP contribution < -0.4 is 4.90 Å². The van der Waals surface area contributed by atoms with Crippen molar-refractivity contribution in [1.82, 2.24) is 0 Å². The molecule has 1 heterocycles. The summed E-state index contributed by atoms with van der Waals surface area (Å²) in [6, 6.07) is 4.06. The van der Waals surface area contributed by atoms with Gasteiger partial charge in [-0.15, -0.1) is 0 Å². The number of halogens is 1. The van der Waals surface area contributed by atoms with E-state index in [0.29, 0.717) is 0 Å². The van der Waals surface area contributed by atoms with E-state index < -0.39 is 5.97 Å². The molecule has 0 aliphatic carbocycles. The van der Waals surface area contributed by atoms with Gasteiger partial charge in [0.25, 0.3) is 0 Å². The number of rotatable bonds is 2. The van der Waals surface area contributed by atoms with Crippen LogP contribution >= 0.6 is 11.6 Å². The fourth-order valence-electron chi connectivity index (χ4n) is 1.87. The zero-order chi connectivity index (χ0) is 13.4. The molecule has 0 spiro atoms. The number of hydrogen-bond acceptors (Lipinski definition) is 3. The average Bonchev–Trinajstić information content (AvgIpc) is 2.54. The quantitative estimate of drug-likeness (QED) is 0.831. The number of carbonyl (C=O) groups excluding carboxylic acids is 2. The van der Waals surface area contributed by atoms with Crippen molar-refractivity contribution in [3.05, 3.63) is 28.8 Å². The van der Waals surface area contributed by atoms with E-state index >= 15 is 0 Å². The van der Waals surface area contributed by atoms with Crippen molar-refractivity contribution < 1.29 is 19.5 Å². The molecule has 0 aromatic heterocycles. The number of anilines is 1. The van der Waals surface area contributed by atoms with Gasteiger partial charge in [0.1, 0.15) is 0 Å². The molecule has 1 atom stereocenters. The van der Waals surface area contributed by atoms with Crippen LogP contribution in [0.1, 0.15) is 23.7 Å². The predicted octanol–water partition coefficient (Wildman–Crippen LogP) is 1.94. The second kappa shape index (κ2) is 4.42. The first kappa shape index (κ1) is 12.6. The van der Waals surface area contributed by atoms with Crippen molar-refractivity contribution in [3.8, 4) is 0 Å². The summed E-state index contributed by atoms with van der Waals surface area (Å²) in [5.74, 6) is -2.22. The predicted molar refractivity (Wildman–Crippen MR) is 64.7 cm³/mol. The fourth-order valence-corrected chi connectivity index (χ4v) is 2.07. The normalized spacial score (nSPS) is 19.4. The van der Waals surface area contributed by atoms with Crippen LogP contribution in [0.25, 0.3) is 0 Å². The lowest BCUT2D eigenvalue weighted by atomic mass is 10.1. The Labute approximate surface area is 108 Å². The number of imide groups is 1. The zero-order valence-electron chi connectivity index (χ0n) is 9.51. The molecule has 1 fully saturated rings. The Balaban J connectivity index is 2.46. The first-order valence-electron chi connectivity index (χ1n) is 5.31. The van der Waals surface area contributed by atoms with Gasteiger partial charge in [0, 0.05) is 12.3 Å². The number of hydrogen-bond donors (Lipinski definition) is 1. The maximum atomic E-state index is 11.8. The number of benzene rings is 1. The molecule has 1 saturated heterocycles. The van der Waals surface area contributed by atoms with Gasteiger partial charge in [-0.1, -0.05) is 18.5 Å². The third-order valence-corrected chi connectivity index (χ3v) is 3.14. The number of aromatic carboxylic acids is 1. The van der Waals surface area contributed by atoms with Gasteiger partial charge in [-0.05, 0) is 18.2 Å². The van der Waals surface area contributed by atoms with Crippen LogP contribution in [0.4, 0.5) is 5.69 Å². The lowest BCUT2D eigenvalue weighted by Crippen LogP contribution is -2.30. The summed E-state index contributed by atoms with van der Waals surface area (Å²) in [6.07, 6.45) is 0.143. The van der Waals surface area contributed by atoms with E-state index in [2.05, 4.69) is 0 Å². The minimum atomic E-state index is -1.20. The van der Waals surface area contributed by atoms with E-state index in [9.17, 15) is 14.4 Å². The van der Waals surface area contributed by atoms with Gasteiger partial charge in [0.05, 0.1) is 16.3 Å². The molecule has 18 heavy (non-hydrogen) atoms. The Bertz CT molecular complexity index is 555. The lowest BCUT2D eigenvalue weighted by Gasteiger charge is -2.15. The van der Waals surface area contributed by atoms with Crippen molar-refractivity contribution in [3.63, 3.8) is 0 Å². The Morgan fingerprint density at radius 3 is 2.61 bits per heavy atom. The highest BCUT2D eigenvalue weighted by Crippen LogP contribution is 2.29. The van der Waals surface area contributed by atoms with Crippen molar-refractivity contribution in [2.24, 2.45) is 5.92 Å². The molecule has 1 unspecified atom stereocenters. The molecule has 1 aromatic carbocycles. The highest BCUT2D eigenvalue weighted by Gasteiger charge is 2.36. The van der Waals surface area contributed by atoms with Crippen LogP contribution in [0.5, 0.6) is 0 Å². The second-order valence-corrected chi connectivity index (χ2v) is 4.55. The highest BCUT2D eigenvalue weighted by atomic mass is 35.5. The highest BCUT2D eigenvalue weighted by molar-refractivity contribution is 6.33. The van der Waals surface area contributed by atoms with Gasteiger partial charge in [-0.2, -0.15) is 0 Å². The van der Waals surface area contributed by atoms with E-state index in [4.69, 9.17) is 16.7 Å². The van der Waals surface area contributed by atoms with Crippen molar-refractivity contribution in [1.29, 1.82) is 0 Å². The summed E-state index contributed by atoms with van der Waals surface area (Å²) in [6.45, 7) is 1.66. The molecule has 1 aliphatic rings. The monoisotopic (exact) mass is 267 g/mol. The smallest absolute Gasteiger partial charge is 0.337 e. The Morgan fingerprint density at radius 1 is 1.44 bits per heavy atom. The van der Waals surface area contributed by atoms with Gasteiger partial charge < -0.3 is 5.11 Å². The van der Waals surface area contributed by atoms with Crippen molar-refractivity contribution in [2.75, 3.05) is 4.90 Å². The molecule has 94 valence electrons. The SMILES string of the molecule is CC1CC(=O)N(c2ccc(Cl)c(C(=O)O)c2)C1=O. The topological polar surface area (TPSA) is 74.7 Å². The number of carboxylic acid groups (broad SMARTS) is 1. The van der Waals surface area contributed by atoms with Gasteiger partial charge in [0.15, 0.2) is 0 Å². The Kier molecular flexibility index (Phi) is 3.09. The van der Waals surface area contributed by atoms with Crippen molar-refractivity contribution in [2.45, 2.75) is 13.3 Å². The molecule has 0 radical (unpaired) electrons.